The Bertz CT molecular complexity index is 425. The van der Waals surface area contributed by atoms with Crippen LogP contribution in [0.5, 0.6) is 0 Å². The molecule has 0 radical (unpaired) electrons. The zero-order chi connectivity index (χ0) is 14.4. The Hall–Kier alpha value is -1.55. The number of benzene rings is 1. The van der Waals surface area contributed by atoms with Gasteiger partial charge >= 0.3 is 0 Å². The number of aliphatic hydroxyl groups excluding tert-OH is 1. The topological polar surface area (TPSA) is 75.3 Å². The lowest BCUT2D eigenvalue weighted by molar-refractivity contribution is -0.122. The number of nitrogens with one attached hydrogen (secondary N) is 1. The molecule has 4 heteroatoms. The molecule has 0 saturated heterocycles. The van der Waals surface area contributed by atoms with E-state index in [1.807, 2.05) is 0 Å². The van der Waals surface area contributed by atoms with Crippen LogP contribution in [0.4, 0.5) is 5.69 Å². The van der Waals surface area contributed by atoms with Crippen LogP contribution in [0, 0.1) is 5.92 Å². The summed E-state index contributed by atoms with van der Waals surface area (Å²) in [7, 11) is 0. The van der Waals surface area contributed by atoms with Crippen LogP contribution >= 0.6 is 0 Å². The molecule has 1 aliphatic carbocycles. The third-order valence-corrected chi connectivity index (χ3v) is 4.01. The van der Waals surface area contributed by atoms with Gasteiger partial charge in [0.15, 0.2) is 0 Å². The second kappa shape index (κ2) is 7.29. The third-order valence-electron chi connectivity index (χ3n) is 4.01. The van der Waals surface area contributed by atoms with Gasteiger partial charge in [-0.1, -0.05) is 31.4 Å². The van der Waals surface area contributed by atoms with Crippen LogP contribution < -0.4 is 11.1 Å². The summed E-state index contributed by atoms with van der Waals surface area (Å²) in [5, 5.41) is 12.8. The monoisotopic (exact) mass is 276 g/mol. The molecule has 4 nitrogen and oxygen atoms in total. The summed E-state index contributed by atoms with van der Waals surface area (Å²) in [5.41, 5.74) is 7.05. The van der Waals surface area contributed by atoms with Crippen molar-refractivity contribution in [1.82, 2.24) is 5.32 Å². The number of anilines is 1. The fourth-order valence-corrected chi connectivity index (χ4v) is 2.77. The second-order valence-corrected chi connectivity index (χ2v) is 5.69. The maximum absolute atomic E-state index is 11.9. The van der Waals surface area contributed by atoms with E-state index in [9.17, 15) is 9.90 Å². The molecule has 1 fully saturated rings. The first-order chi connectivity index (χ1) is 9.65. The van der Waals surface area contributed by atoms with Gasteiger partial charge in [-0.3, -0.25) is 4.79 Å². The minimum atomic E-state index is -0.675. The number of rotatable bonds is 5. The number of amides is 1. The van der Waals surface area contributed by atoms with Gasteiger partial charge in [0.25, 0.3) is 0 Å². The van der Waals surface area contributed by atoms with E-state index in [-0.39, 0.29) is 12.5 Å². The van der Waals surface area contributed by atoms with Crippen molar-refractivity contribution in [1.29, 1.82) is 0 Å². The molecular weight excluding hydrogens is 252 g/mol. The summed E-state index contributed by atoms with van der Waals surface area (Å²) in [6.07, 6.45) is 6.02. The van der Waals surface area contributed by atoms with E-state index in [0.29, 0.717) is 18.0 Å². The smallest absolute Gasteiger partial charge is 0.220 e. The highest BCUT2D eigenvalue weighted by molar-refractivity contribution is 5.76. The van der Waals surface area contributed by atoms with Crippen molar-refractivity contribution in [3.63, 3.8) is 0 Å². The summed E-state index contributed by atoms with van der Waals surface area (Å²) in [4.78, 5) is 11.9. The van der Waals surface area contributed by atoms with Crippen molar-refractivity contribution < 1.29 is 9.90 Å². The van der Waals surface area contributed by atoms with Crippen molar-refractivity contribution in [3.8, 4) is 0 Å². The fraction of sp³-hybridized carbons (Fsp3) is 0.562. The van der Waals surface area contributed by atoms with E-state index in [4.69, 9.17) is 5.73 Å². The highest BCUT2D eigenvalue weighted by atomic mass is 16.3. The van der Waals surface area contributed by atoms with Crippen LogP contribution in [0.2, 0.25) is 0 Å². The molecule has 0 aromatic heterocycles. The number of aliphatic hydroxyl groups is 1. The number of nitrogen functional groups attached to an aromatic ring is 1. The molecule has 0 spiro atoms. The molecule has 1 atom stereocenters. The van der Waals surface area contributed by atoms with Gasteiger partial charge in [-0.05, 0) is 36.5 Å². The average Bonchev–Trinajstić information content (AvgIpc) is 2.46. The van der Waals surface area contributed by atoms with Crippen molar-refractivity contribution in [2.45, 2.75) is 44.6 Å². The van der Waals surface area contributed by atoms with E-state index in [0.717, 1.165) is 18.4 Å². The van der Waals surface area contributed by atoms with Gasteiger partial charge in [-0.15, -0.1) is 0 Å². The Kier molecular flexibility index (Phi) is 5.41. The van der Waals surface area contributed by atoms with Crippen LogP contribution in [0.25, 0.3) is 0 Å². The number of hydrogen-bond donors (Lipinski definition) is 3. The molecule has 1 unspecified atom stereocenters. The first kappa shape index (κ1) is 14.9. The molecule has 0 aliphatic heterocycles. The Morgan fingerprint density at radius 2 is 1.90 bits per heavy atom. The van der Waals surface area contributed by atoms with Gasteiger partial charge in [0.2, 0.25) is 5.91 Å². The molecule has 1 aromatic carbocycles. The highest BCUT2D eigenvalue weighted by Crippen LogP contribution is 2.26. The Morgan fingerprint density at radius 3 is 2.55 bits per heavy atom. The molecule has 1 aromatic rings. The molecule has 0 heterocycles. The van der Waals surface area contributed by atoms with Gasteiger partial charge in [0.1, 0.15) is 0 Å². The van der Waals surface area contributed by atoms with E-state index < -0.39 is 6.10 Å². The molecular formula is C16H24N2O2. The van der Waals surface area contributed by atoms with E-state index in [2.05, 4.69) is 5.32 Å². The molecule has 110 valence electrons. The lowest BCUT2D eigenvalue weighted by Crippen LogP contribution is -2.30. The summed E-state index contributed by atoms with van der Waals surface area (Å²) < 4.78 is 0. The molecule has 1 aliphatic rings. The highest BCUT2D eigenvalue weighted by Gasteiger charge is 2.17. The maximum Gasteiger partial charge on any atom is 0.220 e. The molecule has 20 heavy (non-hydrogen) atoms. The van der Waals surface area contributed by atoms with Crippen LogP contribution in [0.1, 0.15) is 50.2 Å². The second-order valence-electron chi connectivity index (χ2n) is 5.69. The normalized spacial score (nSPS) is 17.6. The first-order valence-corrected chi connectivity index (χ1v) is 7.45. The van der Waals surface area contributed by atoms with Crippen LogP contribution in [0.15, 0.2) is 24.3 Å². The van der Waals surface area contributed by atoms with Gasteiger partial charge in [0.05, 0.1) is 6.10 Å². The predicted molar refractivity (Wildman–Crippen MR) is 80.0 cm³/mol. The molecule has 2 rings (SSSR count). The average molecular weight is 276 g/mol. The Morgan fingerprint density at radius 1 is 1.25 bits per heavy atom. The van der Waals surface area contributed by atoms with E-state index >= 15 is 0 Å². The minimum Gasteiger partial charge on any atom is -0.399 e. The quantitative estimate of drug-likeness (QED) is 0.723. The number of hydrogen-bond acceptors (Lipinski definition) is 3. The number of carbonyl (C=O) groups is 1. The Labute approximate surface area is 120 Å². The summed E-state index contributed by atoms with van der Waals surface area (Å²) >= 11 is 0. The standard InChI is InChI=1S/C16H24N2O2/c17-14-8-6-13(7-9-14)15(19)11-18-16(20)10-12-4-2-1-3-5-12/h6-9,12,15,19H,1-5,10-11,17H2,(H,18,20). The predicted octanol–water partition coefficient (Wildman–Crippen LogP) is 2.39. The lowest BCUT2D eigenvalue weighted by Gasteiger charge is -2.21. The zero-order valence-electron chi connectivity index (χ0n) is 11.8. The van der Waals surface area contributed by atoms with Gasteiger partial charge in [-0.2, -0.15) is 0 Å². The first-order valence-electron chi connectivity index (χ1n) is 7.45. The van der Waals surface area contributed by atoms with Crippen molar-refractivity contribution in [3.05, 3.63) is 29.8 Å². The van der Waals surface area contributed by atoms with Crippen molar-refractivity contribution in [2.75, 3.05) is 12.3 Å². The number of carbonyl (C=O) groups excluding carboxylic acids is 1. The lowest BCUT2D eigenvalue weighted by atomic mass is 9.87. The van der Waals surface area contributed by atoms with Gasteiger partial charge in [0, 0.05) is 18.7 Å². The molecule has 4 N–H and O–H groups in total. The molecule has 1 amide bonds. The summed E-state index contributed by atoms with van der Waals surface area (Å²) in [6, 6.07) is 7.07. The van der Waals surface area contributed by atoms with Crippen LogP contribution in [0.3, 0.4) is 0 Å². The fourth-order valence-electron chi connectivity index (χ4n) is 2.77. The summed E-state index contributed by atoms with van der Waals surface area (Å²) in [6.45, 7) is 0.259. The van der Waals surface area contributed by atoms with Crippen molar-refractivity contribution in [2.24, 2.45) is 5.92 Å². The van der Waals surface area contributed by atoms with E-state index in [1.54, 1.807) is 24.3 Å². The zero-order valence-corrected chi connectivity index (χ0v) is 11.8. The van der Waals surface area contributed by atoms with Gasteiger partial charge in [-0.25, -0.2) is 0 Å². The minimum absolute atomic E-state index is 0.0476. The van der Waals surface area contributed by atoms with Crippen molar-refractivity contribution >= 4 is 11.6 Å². The molecule has 1 saturated carbocycles. The molecule has 0 bridgehead atoms. The van der Waals surface area contributed by atoms with Crippen LogP contribution in [-0.4, -0.2) is 17.6 Å². The summed E-state index contributed by atoms with van der Waals surface area (Å²) in [5.74, 6) is 0.573. The number of nitrogens with two attached hydrogens (primary N) is 1. The SMILES string of the molecule is Nc1ccc(C(O)CNC(=O)CC2CCCCC2)cc1. The maximum atomic E-state index is 11.9. The van der Waals surface area contributed by atoms with Gasteiger partial charge < -0.3 is 16.2 Å². The van der Waals surface area contributed by atoms with E-state index in [1.165, 1.54) is 19.3 Å². The Balaban J connectivity index is 1.73. The largest absolute Gasteiger partial charge is 0.399 e. The third kappa shape index (κ3) is 4.53. The van der Waals surface area contributed by atoms with Crippen LogP contribution in [-0.2, 0) is 4.79 Å².